The van der Waals surface area contributed by atoms with E-state index in [2.05, 4.69) is 10.2 Å². The summed E-state index contributed by atoms with van der Waals surface area (Å²) in [5, 5.41) is 11.8. The van der Waals surface area contributed by atoms with Crippen LogP contribution in [-0.4, -0.2) is 59.6 Å². The van der Waals surface area contributed by atoms with Crippen LogP contribution in [0.3, 0.4) is 0 Å². The Morgan fingerprint density at radius 2 is 2.05 bits per heavy atom. The highest BCUT2D eigenvalue weighted by Gasteiger charge is 2.25. The number of piperazine rings is 1. The zero-order valence-corrected chi connectivity index (χ0v) is 12.6. The van der Waals surface area contributed by atoms with Gasteiger partial charge in [-0.15, -0.1) is 0 Å². The monoisotopic (exact) mass is 291 g/mol. The number of carboxylic acid groups (broad SMARTS) is 1. The lowest BCUT2D eigenvalue weighted by Crippen LogP contribution is -2.53. The highest BCUT2D eigenvalue weighted by molar-refractivity contribution is 5.93. The van der Waals surface area contributed by atoms with Crippen LogP contribution < -0.4 is 5.32 Å². The molecule has 1 aromatic carbocycles. The Labute approximate surface area is 124 Å². The Bertz CT molecular complexity index is 559. The molecule has 0 saturated carbocycles. The molecule has 0 aliphatic carbocycles. The van der Waals surface area contributed by atoms with Crippen molar-refractivity contribution in [2.45, 2.75) is 19.9 Å². The van der Waals surface area contributed by atoms with E-state index < -0.39 is 5.97 Å². The van der Waals surface area contributed by atoms with Gasteiger partial charge in [-0.2, -0.15) is 0 Å². The van der Waals surface area contributed by atoms with E-state index in [1.807, 2.05) is 14.0 Å². The van der Waals surface area contributed by atoms with Gasteiger partial charge in [0.1, 0.15) is 0 Å². The van der Waals surface area contributed by atoms with Gasteiger partial charge in [-0.05, 0) is 44.7 Å². The van der Waals surface area contributed by atoms with Crippen LogP contribution >= 0.6 is 0 Å². The first-order chi connectivity index (χ1) is 9.88. The van der Waals surface area contributed by atoms with Gasteiger partial charge in [-0.3, -0.25) is 0 Å². The first-order valence-electron chi connectivity index (χ1n) is 6.98. The molecule has 2 rings (SSSR count). The Kier molecular flexibility index (Phi) is 4.47. The van der Waals surface area contributed by atoms with E-state index in [4.69, 9.17) is 5.11 Å². The molecule has 6 nitrogen and oxygen atoms in total. The van der Waals surface area contributed by atoms with Crippen LogP contribution in [0.1, 0.15) is 22.8 Å². The minimum atomic E-state index is -0.960. The van der Waals surface area contributed by atoms with Gasteiger partial charge in [0.05, 0.1) is 5.56 Å². The van der Waals surface area contributed by atoms with Crippen molar-refractivity contribution in [2.75, 3.05) is 32.0 Å². The molecular formula is C15H21N3O3. The molecule has 6 heteroatoms. The maximum Gasteiger partial charge on any atom is 0.335 e. The van der Waals surface area contributed by atoms with Crippen LogP contribution in [0.4, 0.5) is 10.5 Å². The predicted octanol–water partition coefficient (Wildman–Crippen LogP) is 1.86. The van der Waals surface area contributed by atoms with Crippen molar-refractivity contribution in [3.05, 3.63) is 29.3 Å². The third-order valence-corrected chi connectivity index (χ3v) is 3.80. The minimum absolute atomic E-state index is 0.141. The van der Waals surface area contributed by atoms with Gasteiger partial charge in [0, 0.05) is 31.4 Å². The molecule has 114 valence electrons. The Balaban J connectivity index is 2.06. The summed E-state index contributed by atoms with van der Waals surface area (Å²) in [4.78, 5) is 27.3. The second-order valence-electron chi connectivity index (χ2n) is 5.57. The molecule has 1 aromatic rings. The molecule has 0 radical (unpaired) electrons. The summed E-state index contributed by atoms with van der Waals surface area (Å²) in [6.07, 6.45) is 0. The van der Waals surface area contributed by atoms with E-state index in [-0.39, 0.29) is 17.6 Å². The van der Waals surface area contributed by atoms with E-state index in [0.29, 0.717) is 17.8 Å². The number of nitrogens with one attached hydrogen (secondary N) is 1. The number of anilines is 1. The summed E-state index contributed by atoms with van der Waals surface area (Å²) < 4.78 is 0. The fourth-order valence-corrected chi connectivity index (χ4v) is 2.62. The largest absolute Gasteiger partial charge is 0.478 e. The average molecular weight is 291 g/mol. The van der Waals surface area contributed by atoms with Crippen molar-refractivity contribution in [1.29, 1.82) is 0 Å². The summed E-state index contributed by atoms with van der Waals surface area (Å²) in [7, 11) is 2.04. The lowest BCUT2D eigenvalue weighted by molar-refractivity contribution is 0.0696. The highest BCUT2D eigenvalue weighted by Crippen LogP contribution is 2.17. The lowest BCUT2D eigenvalue weighted by atomic mass is 10.1. The molecule has 1 saturated heterocycles. The van der Waals surface area contributed by atoms with E-state index >= 15 is 0 Å². The predicted molar refractivity (Wildman–Crippen MR) is 80.8 cm³/mol. The Morgan fingerprint density at radius 1 is 1.33 bits per heavy atom. The quantitative estimate of drug-likeness (QED) is 0.872. The van der Waals surface area contributed by atoms with Gasteiger partial charge in [0.2, 0.25) is 0 Å². The van der Waals surface area contributed by atoms with Crippen LogP contribution in [0, 0.1) is 6.92 Å². The number of aryl methyl sites for hydroxylation is 1. The molecule has 1 aliphatic heterocycles. The van der Waals surface area contributed by atoms with Crippen LogP contribution in [0.25, 0.3) is 0 Å². The number of amides is 2. The molecule has 21 heavy (non-hydrogen) atoms. The average Bonchev–Trinajstić information content (AvgIpc) is 2.37. The van der Waals surface area contributed by atoms with Crippen molar-refractivity contribution in [2.24, 2.45) is 0 Å². The molecule has 2 N–H and O–H groups in total. The molecule has 0 bridgehead atoms. The molecule has 1 heterocycles. The first-order valence-corrected chi connectivity index (χ1v) is 6.98. The standard InChI is InChI=1S/C15H21N3O3/c1-10-8-12(4-5-13(10)14(19)20)16-15(21)18-7-6-17(3)9-11(18)2/h4-5,8,11H,6-7,9H2,1-3H3,(H,16,21)(H,19,20). The topological polar surface area (TPSA) is 72.9 Å². The zero-order valence-electron chi connectivity index (χ0n) is 12.6. The van der Waals surface area contributed by atoms with Gasteiger partial charge in [0.25, 0.3) is 0 Å². The van der Waals surface area contributed by atoms with Crippen LogP contribution in [0.5, 0.6) is 0 Å². The number of urea groups is 1. The maximum atomic E-state index is 12.3. The Hall–Kier alpha value is -2.08. The third kappa shape index (κ3) is 3.52. The molecule has 1 aliphatic rings. The number of likely N-dealkylation sites (N-methyl/N-ethyl adjacent to an activating group) is 1. The van der Waals surface area contributed by atoms with Crippen LogP contribution in [-0.2, 0) is 0 Å². The number of benzene rings is 1. The van der Waals surface area contributed by atoms with Gasteiger partial charge in [-0.1, -0.05) is 0 Å². The van der Waals surface area contributed by atoms with Crippen molar-refractivity contribution >= 4 is 17.7 Å². The first kappa shape index (κ1) is 15.3. The number of carboxylic acids is 1. The number of carbonyl (C=O) groups is 2. The normalized spacial score (nSPS) is 19.4. The summed E-state index contributed by atoms with van der Waals surface area (Å²) >= 11 is 0. The van der Waals surface area contributed by atoms with E-state index in [0.717, 1.165) is 13.1 Å². The van der Waals surface area contributed by atoms with Crippen LogP contribution in [0.2, 0.25) is 0 Å². The third-order valence-electron chi connectivity index (χ3n) is 3.80. The fourth-order valence-electron chi connectivity index (χ4n) is 2.62. The number of hydrogen-bond acceptors (Lipinski definition) is 3. The molecule has 0 spiro atoms. The zero-order chi connectivity index (χ0) is 15.6. The molecular weight excluding hydrogens is 270 g/mol. The van der Waals surface area contributed by atoms with Crippen molar-refractivity contribution < 1.29 is 14.7 Å². The SMILES string of the molecule is Cc1cc(NC(=O)N2CCN(C)CC2C)ccc1C(=O)O. The summed E-state index contributed by atoms with van der Waals surface area (Å²) in [6, 6.07) is 4.83. The summed E-state index contributed by atoms with van der Waals surface area (Å²) in [6.45, 7) is 6.14. The number of hydrogen-bond donors (Lipinski definition) is 2. The molecule has 2 amide bonds. The van der Waals surface area contributed by atoms with E-state index in [1.165, 1.54) is 6.07 Å². The van der Waals surface area contributed by atoms with Gasteiger partial charge >= 0.3 is 12.0 Å². The smallest absolute Gasteiger partial charge is 0.335 e. The van der Waals surface area contributed by atoms with E-state index in [9.17, 15) is 9.59 Å². The van der Waals surface area contributed by atoms with Crippen LogP contribution in [0.15, 0.2) is 18.2 Å². The number of nitrogens with zero attached hydrogens (tertiary/aromatic N) is 2. The maximum absolute atomic E-state index is 12.3. The number of rotatable bonds is 2. The molecule has 0 aromatic heterocycles. The Morgan fingerprint density at radius 3 is 2.62 bits per heavy atom. The summed E-state index contributed by atoms with van der Waals surface area (Å²) in [5.74, 6) is -0.960. The number of carbonyl (C=O) groups excluding carboxylic acids is 1. The second kappa shape index (κ2) is 6.13. The molecule has 1 unspecified atom stereocenters. The highest BCUT2D eigenvalue weighted by atomic mass is 16.4. The molecule has 1 fully saturated rings. The van der Waals surface area contributed by atoms with Gasteiger partial charge in [0.15, 0.2) is 0 Å². The molecule has 1 atom stereocenters. The number of aromatic carboxylic acids is 1. The lowest BCUT2D eigenvalue weighted by Gasteiger charge is -2.38. The summed E-state index contributed by atoms with van der Waals surface area (Å²) in [5.41, 5.74) is 1.50. The minimum Gasteiger partial charge on any atom is -0.478 e. The van der Waals surface area contributed by atoms with Crippen molar-refractivity contribution in [3.63, 3.8) is 0 Å². The van der Waals surface area contributed by atoms with Crippen molar-refractivity contribution in [3.8, 4) is 0 Å². The van der Waals surface area contributed by atoms with E-state index in [1.54, 1.807) is 24.0 Å². The van der Waals surface area contributed by atoms with Crippen molar-refractivity contribution in [1.82, 2.24) is 9.80 Å². The van der Waals surface area contributed by atoms with Gasteiger partial charge in [-0.25, -0.2) is 9.59 Å². The second-order valence-corrected chi connectivity index (χ2v) is 5.57. The van der Waals surface area contributed by atoms with Gasteiger partial charge < -0.3 is 20.2 Å². The fraction of sp³-hybridized carbons (Fsp3) is 0.467.